The van der Waals surface area contributed by atoms with Crippen LogP contribution in [0.2, 0.25) is 0 Å². The quantitative estimate of drug-likeness (QED) is 0.857. The van der Waals surface area contributed by atoms with E-state index in [9.17, 15) is 0 Å². The fourth-order valence-corrected chi connectivity index (χ4v) is 1.96. The van der Waals surface area contributed by atoms with E-state index in [0.717, 1.165) is 0 Å². The van der Waals surface area contributed by atoms with Gasteiger partial charge in [0, 0.05) is 6.54 Å². The monoisotopic (exact) mass is 247 g/mol. The van der Waals surface area contributed by atoms with Crippen LogP contribution < -0.4 is 5.73 Å². The molecule has 2 heteroatoms. The largest absolute Gasteiger partial charge is 0.326 e. The van der Waals surface area contributed by atoms with Gasteiger partial charge in [-0.3, -0.25) is 0 Å². The van der Waals surface area contributed by atoms with E-state index >= 15 is 0 Å². The van der Waals surface area contributed by atoms with E-state index in [2.05, 4.69) is 56.3 Å². The van der Waals surface area contributed by atoms with Crippen LogP contribution in [0.15, 0.2) is 42.5 Å². The third-order valence-electron chi connectivity index (χ3n) is 2.88. The maximum Gasteiger partial charge on any atom is 0.0178 e. The zero-order valence-corrected chi connectivity index (χ0v) is 11.1. The fraction of sp³-hybridized carbons (Fsp3) is 0.200. The summed E-state index contributed by atoms with van der Waals surface area (Å²) in [7, 11) is 0. The number of benzene rings is 2. The molecule has 0 aromatic heterocycles. The minimum Gasteiger partial charge on any atom is -0.326 e. The molecule has 17 heavy (non-hydrogen) atoms. The summed E-state index contributed by atoms with van der Waals surface area (Å²) in [6.45, 7) is 4.88. The molecule has 0 amide bonds. The molecular weight excluding hydrogens is 230 g/mol. The van der Waals surface area contributed by atoms with Crippen LogP contribution in [-0.4, -0.2) is 0 Å². The molecule has 0 unspecified atom stereocenters. The van der Waals surface area contributed by atoms with Gasteiger partial charge in [-0.25, -0.2) is 0 Å². The molecule has 0 bridgehead atoms. The number of halogens is 1. The summed E-state index contributed by atoms with van der Waals surface area (Å²) >= 11 is 0. The Bertz CT molecular complexity index is 489. The predicted molar refractivity (Wildman–Crippen MR) is 76.5 cm³/mol. The minimum atomic E-state index is 0. The van der Waals surface area contributed by atoms with Gasteiger partial charge in [-0.2, -0.15) is 0 Å². The first kappa shape index (κ1) is 13.8. The molecule has 0 saturated carbocycles. The van der Waals surface area contributed by atoms with E-state index in [1.54, 1.807) is 0 Å². The lowest BCUT2D eigenvalue weighted by molar-refractivity contribution is 1.07. The third-order valence-corrected chi connectivity index (χ3v) is 2.88. The van der Waals surface area contributed by atoms with E-state index in [1.807, 2.05) is 0 Å². The van der Waals surface area contributed by atoms with E-state index in [4.69, 9.17) is 5.73 Å². The van der Waals surface area contributed by atoms with Crippen molar-refractivity contribution in [2.24, 2.45) is 5.73 Å². The lowest BCUT2D eigenvalue weighted by atomic mass is 9.98. The van der Waals surface area contributed by atoms with Crippen molar-refractivity contribution in [2.75, 3.05) is 0 Å². The molecule has 0 aliphatic heterocycles. The maximum atomic E-state index is 5.59. The molecule has 1 nitrogen and oxygen atoms in total. The second-order valence-electron chi connectivity index (χ2n) is 4.22. The van der Waals surface area contributed by atoms with Gasteiger partial charge in [0.25, 0.3) is 0 Å². The molecule has 90 valence electrons. The standard InChI is InChI=1S/C15H17N.ClH/c1-11-3-8-15(12(2)9-11)14-6-4-13(10-16)5-7-14;/h3-9H,10,16H2,1-2H3;1H. The van der Waals surface area contributed by atoms with Crippen molar-refractivity contribution < 1.29 is 0 Å². The van der Waals surface area contributed by atoms with Crippen molar-refractivity contribution in [3.8, 4) is 11.1 Å². The van der Waals surface area contributed by atoms with Crippen LogP contribution in [0.3, 0.4) is 0 Å². The Kier molecular flexibility index (Phi) is 4.73. The van der Waals surface area contributed by atoms with Gasteiger partial charge in [0.2, 0.25) is 0 Å². The first-order valence-electron chi connectivity index (χ1n) is 5.57. The van der Waals surface area contributed by atoms with Gasteiger partial charge >= 0.3 is 0 Å². The predicted octanol–water partition coefficient (Wildman–Crippen LogP) is 3.85. The highest BCUT2D eigenvalue weighted by molar-refractivity contribution is 5.85. The Morgan fingerprint density at radius 1 is 0.941 bits per heavy atom. The first-order chi connectivity index (χ1) is 7.70. The van der Waals surface area contributed by atoms with Crippen LogP contribution >= 0.6 is 12.4 Å². The Balaban J connectivity index is 0.00000144. The molecule has 2 aromatic carbocycles. The SMILES string of the molecule is Cc1ccc(-c2ccc(CN)cc2)c(C)c1.Cl. The Morgan fingerprint density at radius 2 is 1.59 bits per heavy atom. The topological polar surface area (TPSA) is 26.0 Å². The van der Waals surface area contributed by atoms with Crippen LogP contribution in [0, 0.1) is 13.8 Å². The molecule has 0 atom stereocenters. The van der Waals surface area contributed by atoms with Crippen LogP contribution in [-0.2, 0) is 6.54 Å². The molecule has 2 aromatic rings. The number of aryl methyl sites for hydroxylation is 2. The number of hydrogen-bond acceptors (Lipinski definition) is 1. The van der Waals surface area contributed by atoms with Crippen LogP contribution in [0.5, 0.6) is 0 Å². The molecule has 0 aliphatic rings. The second kappa shape index (κ2) is 5.85. The Labute approximate surface area is 109 Å². The molecule has 2 rings (SSSR count). The van der Waals surface area contributed by atoms with Crippen molar-refractivity contribution in [1.29, 1.82) is 0 Å². The second-order valence-corrected chi connectivity index (χ2v) is 4.22. The highest BCUT2D eigenvalue weighted by Crippen LogP contribution is 2.24. The summed E-state index contributed by atoms with van der Waals surface area (Å²) in [5, 5.41) is 0. The summed E-state index contributed by atoms with van der Waals surface area (Å²) in [4.78, 5) is 0. The van der Waals surface area contributed by atoms with Crippen molar-refractivity contribution in [1.82, 2.24) is 0 Å². The number of rotatable bonds is 2. The van der Waals surface area contributed by atoms with Crippen molar-refractivity contribution >= 4 is 12.4 Å². The summed E-state index contributed by atoms with van der Waals surface area (Å²) in [6.07, 6.45) is 0. The molecule has 0 heterocycles. The molecule has 0 aliphatic carbocycles. The van der Waals surface area contributed by atoms with E-state index in [1.165, 1.54) is 27.8 Å². The summed E-state index contributed by atoms with van der Waals surface area (Å²) in [5.41, 5.74) is 11.9. The molecule has 2 N–H and O–H groups in total. The van der Waals surface area contributed by atoms with E-state index in [-0.39, 0.29) is 12.4 Å². The van der Waals surface area contributed by atoms with Crippen molar-refractivity contribution in [3.05, 3.63) is 59.2 Å². The van der Waals surface area contributed by atoms with Crippen molar-refractivity contribution in [2.45, 2.75) is 20.4 Å². The summed E-state index contributed by atoms with van der Waals surface area (Å²) in [6, 6.07) is 15.0. The third kappa shape index (κ3) is 3.09. The van der Waals surface area contributed by atoms with Gasteiger partial charge in [-0.05, 0) is 36.1 Å². The molecular formula is C15H18ClN. The maximum absolute atomic E-state index is 5.59. The Hall–Kier alpha value is -1.31. The first-order valence-corrected chi connectivity index (χ1v) is 5.57. The van der Waals surface area contributed by atoms with E-state index < -0.39 is 0 Å². The van der Waals surface area contributed by atoms with Gasteiger partial charge in [-0.1, -0.05) is 48.0 Å². The zero-order valence-electron chi connectivity index (χ0n) is 10.2. The average molecular weight is 248 g/mol. The normalized spacial score (nSPS) is 9.82. The molecule has 0 radical (unpaired) electrons. The molecule has 0 saturated heterocycles. The highest BCUT2D eigenvalue weighted by Gasteiger charge is 2.01. The van der Waals surface area contributed by atoms with Gasteiger partial charge in [0.15, 0.2) is 0 Å². The van der Waals surface area contributed by atoms with Crippen LogP contribution in [0.1, 0.15) is 16.7 Å². The summed E-state index contributed by atoms with van der Waals surface area (Å²) in [5.74, 6) is 0. The smallest absolute Gasteiger partial charge is 0.0178 e. The number of hydrogen-bond donors (Lipinski definition) is 1. The van der Waals surface area contributed by atoms with Crippen LogP contribution in [0.4, 0.5) is 0 Å². The van der Waals surface area contributed by atoms with Gasteiger partial charge in [0.05, 0.1) is 0 Å². The highest BCUT2D eigenvalue weighted by atomic mass is 35.5. The summed E-state index contributed by atoms with van der Waals surface area (Å²) < 4.78 is 0. The van der Waals surface area contributed by atoms with Crippen LogP contribution in [0.25, 0.3) is 11.1 Å². The van der Waals surface area contributed by atoms with Gasteiger partial charge < -0.3 is 5.73 Å². The van der Waals surface area contributed by atoms with Crippen molar-refractivity contribution in [3.63, 3.8) is 0 Å². The zero-order chi connectivity index (χ0) is 11.5. The minimum absolute atomic E-state index is 0. The Morgan fingerprint density at radius 3 is 2.12 bits per heavy atom. The average Bonchev–Trinajstić information content (AvgIpc) is 2.29. The number of nitrogens with two attached hydrogens (primary N) is 1. The lowest BCUT2D eigenvalue weighted by Gasteiger charge is -2.07. The van der Waals surface area contributed by atoms with Gasteiger partial charge in [-0.15, -0.1) is 12.4 Å². The molecule has 0 spiro atoms. The molecule has 0 fully saturated rings. The lowest BCUT2D eigenvalue weighted by Crippen LogP contribution is -1.95. The fourth-order valence-electron chi connectivity index (χ4n) is 1.96. The van der Waals surface area contributed by atoms with Gasteiger partial charge in [0.1, 0.15) is 0 Å². The van der Waals surface area contributed by atoms with E-state index in [0.29, 0.717) is 6.54 Å².